The van der Waals surface area contributed by atoms with Crippen LogP contribution in [0.4, 0.5) is 14.5 Å². The number of nitrogens with one attached hydrogen (secondary N) is 1. The average molecular weight is 471 g/mol. The molecule has 0 atom stereocenters. The molecule has 33 heavy (non-hydrogen) atoms. The van der Waals surface area contributed by atoms with Gasteiger partial charge in [0.1, 0.15) is 11.6 Å². The molecule has 1 saturated heterocycles. The molecule has 1 aliphatic heterocycles. The van der Waals surface area contributed by atoms with E-state index in [2.05, 4.69) is 10.3 Å². The quantitative estimate of drug-likeness (QED) is 0.556. The molecule has 3 aromatic rings. The highest BCUT2D eigenvalue weighted by molar-refractivity contribution is 8.00. The van der Waals surface area contributed by atoms with Gasteiger partial charge in [0.2, 0.25) is 11.8 Å². The normalized spacial score (nSPS) is 14.8. The summed E-state index contributed by atoms with van der Waals surface area (Å²) < 4.78 is 26.7. The monoisotopic (exact) mass is 470 g/mol. The van der Waals surface area contributed by atoms with Gasteiger partial charge in [-0.2, -0.15) is 0 Å². The minimum absolute atomic E-state index is 0.0129. The van der Waals surface area contributed by atoms with Crippen LogP contribution in [0.3, 0.4) is 0 Å². The maximum Gasteiger partial charge on any atom is 0.238 e. The molecule has 6 nitrogen and oxygen atoms in total. The topological polar surface area (TPSA) is 65.5 Å². The van der Waals surface area contributed by atoms with Crippen molar-refractivity contribution in [2.24, 2.45) is 0 Å². The fraction of sp³-hybridized carbons (Fsp3) is 0.292. The first kappa shape index (κ1) is 23.1. The highest BCUT2D eigenvalue weighted by Crippen LogP contribution is 2.27. The Balaban J connectivity index is 1.28. The van der Waals surface area contributed by atoms with E-state index in [0.29, 0.717) is 42.8 Å². The molecule has 172 valence electrons. The molecule has 0 unspecified atom stereocenters. The second-order valence-corrected chi connectivity index (χ2v) is 8.84. The number of pyridine rings is 1. The van der Waals surface area contributed by atoms with Gasteiger partial charge in [0.15, 0.2) is 0 Å². The van der Waals surface area contributed by atoms with Gasteiger partial charge >= 0.3 is 0 Å². The number of aromatic nitrogens is 1. The van der Waals surface area contributed by atoms with Crippen molar-refractivity contribution in [3.63, 3.8) is 0 Å². The second-order valence-electron chi connectivity index (χ2n) is 7.82. The first-order chi connectivity index (χ1) is 16.0. The number of hydrogen-bond donors (Lipinski definition) is 1. The molecule has 2 heterocycles. The number of amides is 2. The van der Waals surface area contributed by atoms with Gasteiger partial charge in [0.05, 0.1) is 17.8 Å². The fourth-order valence-electron chi connectivity index (χ4n) is 3.77. The minimum Gasteiger partial charge on any atom is -0.341 e. The van der Waals surface area contributed by atoms with Crippen molar-refractivity contribution in [1.82, 2.24) is 14.8 Å². The highest BCUT2D eigenvalue weighted by atomic mass is 32.2. The van der Waals surface area contributed by atoms with Crippen molar-refractivity contribution < 1.29 is 18.4 Å². The Morgan fingerprint density at radius 1 is 0.970 bits per heavy atom. The summed E-state index contributed by atoms with van der Waals surface area (Å²) in [6, 6.07) is 11.9. The summed E-state index contributed by atoms with van der Waals surface area (Å²) in [5, 5.41) is 3.46. The van der Waals surface area contributed by atoms with Gasteiger partial charge in [-0.05, 0) is 55.0 Å². The van der Waals surface area contributed by atoms with E-state index in [4.69, 9.17) is 0 Å². The Labute approximate surface area is 195 Å². The first-order valence-electron chi connectivity index (χ1n) is 10.7. The molecule has 1 aromatic heterocycles. The zero-order valence-electron chi connectivity index (χ0n) is 18.0. The zero-order chi connectivity index (χ0) is 23.2. The lowest BCUT2D eigenvalue weighted by molar-refractivity contribution is -0.128. The third kappa shape index (κ3) is 6.27. The maximum atomic E-state index is 13.7. The van der Waals surface area contributed by atoms with Gasteiger partial charge in [-0.15, -0.1) is 11.8 Å². The third-order valence-electron chi connectivity index (χ3n) is 5.45. The zero-order valence-corrected chi connectivity index (χ0v) is 18.8. The highest BCUT2D eigenvalue weighted by Gasteiger charge is 2.21. The predicted octanol–water partition coefficient (Wildman–Crippen LogP) is 3.78. The van der Waals surface area contributed by atoms with Gasteiger partial charge in [0, 0.05) is 48.3 Å². The van der Waals surface area contributed by atoms with E-state index in [1.807, 2.05) is 9.80 Å². The van der Waals surface area contributed by atoms with Crippen molar-refractivity contribution in [2.45, 2.75) is 11.3 Å². The van der Waals surface area contributed by atoms with E-state index in [-0.39, 0.29) is 35.7 Å². The van der Waals surface area contributed by atoms with Crippen molar-refractivity contribution >= 4 is 40.2 Å². The molecule has 9 heteroatoms. The first-order valence-corrected chi connectivity index (χ1v) is 11.7. The largest absolute Gasteiger partial charge is 0.341 e. The molecule has 1 N–H and O–H groups in total. The molecule has 2 amide bonds. The maximum absolute atomic E-state index is 13.7. The molecule has 0 radical (unpaired) electrons. The van der Waals surface area contributed by atoms with Crippen LogP contribution in [0.1, 0.15) is 6.42 Å². The standard InChI is InChI=1S/C24H24F2N4O2S/c25-17-2-5-19(6-3-17)28-23(31)15-29-10-1-11-30(13-12-29)24(32)16-33-22-8-9-27-21-7-4-18(26)14-20(21)22/h2-9,14H,1,10-13,15-16H2,(H,28,31). The van der Waals surface area contributed by atoms with E-state index >= 15 is 0 Å². The summed E-state index contributed by atoms with van der Waals surface area (Å²) in [5.41, 5.74) is 1.24. The molecular weight excluding hydrogens is 446 g/mol. The molecule has 2 aromatic carbocycles. The lowest BCUT2D eigenvalue weighted by Crippen LogP contribution is -2.38. The molecule has 0 aliphatic carbocycles. The van der Waals surface area contributed by atoms with Crippen LogP contribution in [-0.4, -0.2) is 65.1 Å². The van der Waals surface area contributed by atoms with E-state index in [1.54, 1.807) is 18.3 Å². The van der Waals surface area contributed by atoms with Crippen LogP contribution in [0.25, 0.3) is 10.9 Å². The number of thioether (sulfide) groups is 1. The Morgan fingerprint density at radius 2 is 1.76 bits per heavy atom. The number of fused-ring (bicyclic) bond motifs is 1. The number of halogens is 2. The van der Waals surface area contributed by atoms with Crippen LogP contribution in [0.2, 0.25) is 0 Å². The van der Waals surface area contributed by atoms with Gasteiger partial charge in [-0.25, -0.2) is 8.78 Å². The molecule has 0 bridgehead atoms. The van der Waals surface area contributed by atoms with Crippen LogP contribution in [-0.2, 0) is 9.59 Å². The van der Waals surface area contributed by atoms with E-state index in [0.717, 1.165) is 11.3 Å². The number of carbonyl (C=O) groups excluding carboxylic acids is 2. The van der Waals surface area contributed by atoms with Gasteiger partial charge in [0.25, 0.3) is 0 Å². The number of anilines is 1. The molecule has 0 saturated carbocycles. The Bertz CT molecular complexity index is 1140. The van der Waals surface area contributed by atoms with Crippen molar-refractivity contribution in [3.05, 3.63) is 66.4 Å². The summed E-state index contributed by atoms with van der Waals surface area (Å²) in [5.74, 6) is -0.596. The van der Waals surface area contributed by atoms with Gasteiger partial charge < -0.3 is 10.2 Å². The Kier molecular flexibility index (Phi) is 7.51. The van der Waals surface area contributed by atoms with Gasteiger partial charge in [-0.3, -0.25) is 19.5 Å². The molecule has 1 aliphatic rings. The summed E-state index contributed by atoms with van der Waals surface area (Å²) in [4.78, 5) is 34.0. The smallest absolute Gasteiger partial charge is 0.238 e. The number of rotatable bonds is 6. The van der Waals surface area contributed by atoms with E-state index < -0.39 is 0 Å². The number of nitrogens with zero attached hydrogens (tertiary/aromatic N) is 3. The fourth-order valence-corrected chi connectivity index (χ4v) is 4.70. The van der Waals surface area contributed by atoms with Crippen molar-refractivity contribution in [3.8, 4) is 0 Å². The van der Waals surface area contributed by atoms with Crippen LogP contribution < -0.4 is 5.32 Å². The van der Waals surface area contributed by atoms with E-state index in [1.165, 1.54) is 48.2 Å². The second kappa shape index (κ2) is 10.7. The molecular formula is C24H24F2N4O2S. The number of hydrogen-bond acceptors (Lipinski definition) is 5. The Hall–Kier alpha value is -3.04. The molecule has 4 rings (SSSR count). The predicted molar refractivity (Wildman–Crippen MR) is 125 cm³/mol. The van der Waals surface area contributed by atoms with Crippen LogP contribution in [0, 0.1) is 11.6 Å². The minimum atomic E-state index is -0.354. The third-order valence-corrected chi connectivity index (χ3v) is 6.51. The van der Waals surface area contributed by atoms with Crippen LogP contribution >= 0.6 is 11.8 Å². The average Bonchev–Trinajstić information content (AvgIpc) is 3.04. The summed E-state index contributed by atoms with van der Waals surface area (Å²) in [6.45, 7) is 2.68. The summed E-state index contributed by atoms with van der Waals surface area (Å²) in [7, 11) is 0. The molecule has 1 fully saturated rings. The van der Waals surface area contributed by atoms with Crippen LogP contribution in [0.15, 0.2) is 59.6 Å². The molecule has 0 spiro atoms. The summed E-state index contributed by atoms with van der Waals surface area (Å²) >= 11 is 1.38. The van der Waals surface area contributed by atoms with Crippen LogP contribution in [0.5, 0.6) is 0 Å². The van der Waals surface area contributed by atoms with Gasteiger partial charge in [-0.1, -0.05) is 0 Å². The van der Waals surface area contributed by atoms with Crippen molar-refractivity contribution in [1.29, 1.82) is 0 Å². The Morgan fingerprint density at radius 3 is 2.58 bits per heavy atom. The van der Waals surface area contributed by atoms with E-state index in [9.17, 15) is 18.4 Å². The lowest BCUT2D eigenvalue weighted by atomic mass is 10.2. The number of carbonyl (C=O) groups is 2. The SMILES string of the molecule is O=C(CN1CCCN(C(=O)CSc2ccnc3ccc(F)cc23)CC1)Nc1ccc(F)cc1. The number of benzene rings is 2. The summed E-state index contributed by atoms with van der Waals surface area (Å²) in [6.07, 6.45) is 2.43. The van der Waals surface area contributed by atoms with Crippen molar-refractivity contribution in [2.75, 3.05) is 43.8 Å². The lowest BCUT2D eigenvalue weighted by Gasteiger charge is -2.21.